The van der Waals surface area contributed by atoms with Crippen molar-refractivity contribution < 1.29 is 27.8 Å². The maximum Gasteiger partial charge on any atom is 0.410 e. The minimum absolute atomic E-state index is 0.0714. The zero-order valence-corrected chi connectivity index (χ0v) is 25.9. The highest BCUT2D eigenvalue weighted by atomic mass is 19.3. The molecular formula is C31H40F2N8O4. The van der Waals surface area contributed by atoms with Gasteiger partial charge in [-0.3, -0.25) is 14.3 Å². The highest BCUT2D eigenvalue weighted by Gasteiger charge is 2.37. The van der Waals surface area contributed by atoms with Gasteiger partial charge in [-0.25, -0.2) is 18.6 Å². The minimum Gasteiger partial charge on any atom is -0.444 e. The van der Waals surface area contributed by atoms with Crippen LogP contribution in [0.3, 0.4) is 0 Å². The first-order chi connectivity index (χ1) is 21.6. The Morgan fingerprint density at radius 1 is 0.956 bits per heavy atom. The molecule has 1 aromatic carbocycles. The van der Waals surface area contributed by atoms with E-state index in [-0.39, 0.29) is 17.9 Å². The number of likely N-dealkylation sites (tertiary alicyclic amines) is 1. The van der Waals surface area contributed by atoms with E-state index in [0.29, 0.717) is 87.9 Å². The molecule has 3 aliphatic rings. The number of morpholine rings is 1. The first-order valence-electron chi connectivity index (χ1n) is 15.6. The molecule has 5 heterocycles. The molecule has 0 unspecified atom stereocenters. The van der Waals surface area contributed by atoms with Crippen LogP contribution in [-0.4, -0.2) is 100 Å². The summed E-state index contributed by atoms with van der Waals surface area (Å²) >= 11 is 0. The summed E-state index contributed by atoms with van der Waals surface area (Å²) in [4.78, 5) is 45.4. The van der Waals surface area contributed by atoms with Gasteiger partial charge in [0.05, 0.1) is 24.2 Å². The van der Waals surface area contributed by atoms with E-state index in [9.17, 15) is 18.4 Å². The number of amides is 2. The molecule has 12 nitrogen and oxygen atoms in total. The largest absolute Gasteiger partial charge is 0.444 e. The fraction of sp³-hybridized carbons (Fsp3) is 0.581. The summed E-state index contributed by atoms with van der Waals surface area (Å²) in [5, 5.41) is 3.15. The molecular weight excluding hydrogens is 586 g/mol. The number of nitrogens with zero attached hydrogens (tertiary/aromatic N) is 7. The van der Waals surface area contributed by atoms with Gasteiger partial charge in [-0.05, 0) is 58.6 Å². The third-order valence-corrected chi connectivity index (χ3v) is 8.35. The van der Waals surface area contributed by atoms with Crippen LogP contribution in [0.15, 0.2) is 30.3 Å². The Morgan fingerprint density at radius 3 is 2.29 bits per heavy atom. The summed E-state index contributed by atoms with van der Waals surface area (Å²) < 4.78 is 40.8. The number of anilines is 2. The smallest absolute Gasteiger partial charge is 0.410 e. The number of rotatable bonds is 6. The molecule has 45 heavy (non-hydrogen) atoms. The predicted molar refractivity (Wildman–Crippen MR) is 164 cm³/mol. The highest BCUT2D eigenvalue weighted by molar-refractivity contribution is 5.86. The van der Waals surface area contributed by atoms with Gasteiger partial charge in [0, 0.05) is 44.8 Å². The molecule has 0 radical (unpaired) electrons. The number of carbonyl (C=O) groups is 2. The SMILES string of the molecule is CC(C)(C)OC(=O)N1CCC[C@H]1C(=O)NC1CCN(c2cc(N3CCOCC3)nc(-n3c(C(F)F)nc4ccccc43)n2)CC1. The first kappa shape index (κ1) is 30.9. The number of fused-ring (bicyclic) bond motifs is 1. The van der Waals surface area contributed by atoms with Crippen LogP contribution < -0.4 is 15.1 Å². The molecule has 0 aliphatic carbocycles. The second kappa shape index (κ2) is 12.7. The molecule has 242 valence electrons. The third kappa shape index (κ3) is 6.80. The number of para-hydroxylation sites is 2. The van der Waals surface area contributed by atoms with Gasteiger partial charge < -0.3 is 24.6 Å². The second-order valence-corrected chi connectivity index (χ2v) is 12.7. The molecule has 3 fully saturated rings. The molecule has 2 aromatic heterocycles. The van der Waals surface area contributed by atoms with Crippen LogP contribution in [0.1, 0.15) is 58.7 Å². The van der Waals surface area contributed by atoms with Crippen LogP contribution in [0, 0.1) is 0 Å². The van der Waals surface area contributed by atoms with Gasteiger partial charge >= 0.3 is 6.09 Å². The summed E-state index contributed by atoms with van der Waals surface area (Å²) in [5.41, 5.74) is 0.313. The molecule has 3 saturated heterocycles. The monoisotopic (exact) mass is 626 g/mol. The van der Waals surface area contributed by atoms with E-state index in [2.05, 4.69) is 20.1 Å². The molecule has 6 rings (SSSR count). The Morgan fingerprint density at radius 2 is 1.62 bits per heavy atom. The normalized spacial score (nSPS) is 19.9. The van der Waals surface area contributed by atoms with Crippen molar-refractivity contribution >= 4 is 34.7 Å². The van der Waals surface area contributed by atoms with Gasteiger partial charge in [-0.2, -0.15) is 9.97 Å². The maximum absolute atomic E-state index is 14.2. The van der Waals surface area contributed by atoms with Crippen molar-refractivity contribution in [2.45, 2.75) is 70.6 Å². The van der Waals surface area contributed by atoms with Crippen LogP contribution in [0.5, 0.6) is 0 Å². The number of halogens is 2. The van der Waals surface area contributed by atoms with E-state index in [1.165, 1.54) is 9.47 Å². The number of aromatic nitrogens is 4. The zero-order valence-electron chi connectivity index (χ0n) is 25.9. The van der Waals surface area contributed by atoms with E-state index in [1.54, 1.807) is 24.3 Å². The summed E-state index contributed by atoms with van der Waals surface area (Å²) in [5.74, 6) is 0.820. The molecule has 0 bridgehead atoms. The maximum atomic E-state index is 14.2. The lowest BCUT2D eigenvalue weighted by atomic mass is 10.0. The Balaban J connectivity index is 1.20. The third-order valence-electron chi connectivity index (χ3n) is 8.35. The molecule has 0 saturated carbocycles. The Hall–Kier alpha value is -4.07. The lowest BCUT2D eigenvalue weighted by Crippen LogP contribution is -2.52. The molecule has 14 heteroatoms. The Kier molecular flexibility index (Phi) is 8.76. The van der Waals surface area contributed by atoms with Gasteiger partial charge in [-0.1, -0.05) is 12.1 Å². The van der Waals surface area contributed by atoms with Gasteiger partial charge in [0.25, 0.3) is 6.43 Å². The number of carbonyl (C=O) groups excluding carboxylic acids is 2. The molecule has 3 aromatic rings. The fourth-order valence-electron chi connectivity index (χ4n) is 6.16. The molecule has 2 amide bonds. The van der Waals surface area contributed by atoms with Crippen molar-refractivity contribution in [3.05, 3.63) is 36.2 Å². The number of ether oxygens (including phenoxy) is 2. The first-order valence-corrected chi connectivity index (χ1v) is 15.6. The lowest BCUT2D eigenvalue weighted by Gasteiger charge is -2.35. The molecule has 1 N–H and O–H groups in total. The van der Waals surface area contributed by atoms with Gasteiger partial charge in [0.2, 0.25) is 11.9 Å². The van der Waals surface area contributed by atoms with E-state index in [4.69, 9.17) is 19.4 Å². The van der Waals surface area contributed by atoms with Crippen LogP contribution >= 0.6 is 0 Å². The summed E-state index contributed by atoms with van der Waals surface area (Å²) in [6.07, 6.45) is -0.618. The number of imidazole rings is 1. The number of hydrogen-bond acceptors (Lipinski definition) is 9. The van der Waals surface area contributed by atoms with Crippen molar-refractivity contribution in [3.8, 4) is 5.95 Å². The highest BCUT2D eigenvalue weighted by Crippen LogP contribution is 2.30. The van der Waals surface area contributed by atoms with Crippen molar-refractivity contribution in [2.75, 3.05) is 55.7 Å². The molecule has 1 atom stereocenters. The number of benzene rings is 1. The number of hydrogen-bond donors (Lipinski definition) is 1. The second-order valence-electron chi connectivity index (χ2n) is 12.7. The van der Waals surface area contributed by atoms with Crippen LogP contribution in [0.2, 0.25) is 0 Å². The zero-order chi connectivity index (χ0) is 31.7. The fourth-order valence-corrected chi connectivity index (χ4v) is 6.16. The molecule has 0 spiro atoms. The topological polar surface area (TPSA) is 118 Å². The Bertz CT molecular complexity index is 1530. The molecule has 3 aliphatic heterocycles. The van der Waals surface area contributed by atoms with Gasteiger partial charge in [0.15, 0.2) is 5.82 Å². The van der Waals surface area contributed by atoms with E-state index in [1.807, 2.05) is 26.8 Å². The van der Waals surface area contributed by atoms with Crippen LogP contribution in [0.25, 0.3) is 17.0 Å². The van der Waals surface area contributed by atoms with E-state index in [0.717, 1.165) is 6.42 Å². The van der Waals surface area contributed by atoms with Crippen molar-refractivity contribution in [1.82, 2.24) is 29.7 Å². The number of piperidine rings is 1. The average molecular weight is 627 g/mol. The quantitative estimate of drug-likeness (QED) is 0.432. The summed E-state index contributed by atoms with van der Waals surface area (Å²) in [6.45, 7) is 9.44. The van der Waals surface area contributed by atoms with Crippen molar-refractivity contribution in [2.24, 2.45) is 0 Å². The van der Waals surface area contributed by atoms with Crippen LogP contribution in [0.4, 0.5) is 25.2 Å². The summed E-state index contributed by atoms with van der Waals surface area (Å²) in [7, 11) is 0. The minimum atomic E-state index is -2.82. The Labute approximate surface area is 260 Å². The summed E-state index contributed by atoms with van der Waals surface area (Å²) in [6, 6.07) is 8.25. The number of nitrogens with one attached hydrogen (secondary N) is 1. The van der Waals surface area contributed by atoms with E-state index < -0.39 is 30.0 Å². The lowest BCUT2D eigenvalue weighted by molar-refractivity contribution is -0.126. The van der Waals surface area contributed by atoms with Crippen LogP contribution in [-0.2, 0) is 14.3 Å². The standard InChI is InChI=1S/C31H40F2N8O4/c1-31(2,3)45-30(43)40-12-6-9-23(40)28(42)34-20-10-13-38(14-11-20)24-19-25(39-15-17-44-18-16-39)37-29(36-24)41-22-8-5-4-7-21(22)35-27(41)26(32)33/h4-5,7-8,19-20,23,26H,6,9-18H2,1-3H3,(H,34,42)/t23-/m0/s1. The average Bonchev–Trinajstić information content (AvgIpc) is 3.67. The van der Waals surface area contributed by atoms with E-state index >= 15 is 0 Å². The van der Waals surface area contributed by atoms with Crippen molar-refractivity contribution in [3.63, 3.8) is 0 Å². The predicted octanol–water partition coefficient (Wildman–Crippen LogP) is 4.07. The van der Waals surface area contributed by atoms with Gasteiger partial charge in [0.1, 0.15) is 23.3 Å². The van der Waals surface area contributed by atoms with Crippen molar-refractivity contribution in [1.29, 1.82) is 0 Å². The van der Waals surface area contributed by atoms with Gasteiger partial charge in [-0.15, -0.1) is 0 Å². The number of alkyl halides is 2.